The van der Waals surface area contributed by atoms with Gasteiger partial charge in [0.1, 0.15) is 6.10 Å². The molecule has 2 saturated heterocycles. The molecule has 5 nitrogen and oxygen atoms in total. The van der Waals surface area contributed by atoms with E-state index in [1.165, 1.54) is 5.56 Å². The van der Waals surface area contributed by atoms with Gasteiger partial charge in [0, 0.05) is 56.2 Å². The number of rotatable bonds is 5. The molecule has 1 aromatic carbocycles. The Hall–Kier alpha value is -1.47. The fourth-order valence-corrected chi connectivity index (χ4v) is 4.56. The Morgan fingerprint density at radius 1 is 1.22 bits per heavy atom. The summed E-state index contributed by atoms with van der Waals surface area (Å²) in [4.78, 5) is 21.5. The van der Waals surface area contributed by atoms with Gasteiger partial charge in [0.2, 0.25) is 0 Å². The first-order valence-corrected chi connectivity index (χ1v) is 10.7. The Morgan fingerprint density at radius 3 is 2.70 bits per heavy atom. The van der Waals surface area contributed by atoms with E-state index in [9.17, 15) is 4.79 Å². The molecule has 2 fully saturated rings. The van der Waals surface area contributed by atoms with Crippen LogP contribution in [0.25, 0.3) is 0 Å². The summed E-state index contributed by atoms with van der Waals surface area (Å²) in [5.41, 5.74) is 2.34. The molecule has 2 aliphatic rings. The van der Waals surface area contributed by atoms with Crippen LogP contribution >= 0.6 is 22.9 Å². The SMILES string of the molecule is O=C(C1CCCO1)N1CCN(Cc2csc(Cc3ccc(Cl)cc3)n2)CC1. The molecule has 0 N–H and O–H groups in total. The van der Waals surface area contributed by atoms with E-state index in [1.807, 2.05) is 29.2 Å². The van der Waals surface area contributed by atoms with Gasteiger partial charge < -0.3 is 9.64 Å². The predicted molar refractivity (Wildman–Crippen MR) is 107 cm³/mol. The molecule has 2 aromatic rings. The second-order valence-electron chi connectivity index (χ2n) is 7.14. The van der Waals surface area contributed by atoms with Crippen LogP contribution in [0.4, 0.5) is 0 Å². The molecule has 3 heterocycles. The third-order valence-electron chi connectivity index (χ3n) is 5.14. The van der Waals surface area contributed by atoms with Crippen molar-refractivity contribution in [1.29, 1.82) is 0 Å². The number of carbonyl (C=O) groups excluding carboxylic acids is 1. The van der Waals surface area contributed by atoms with Crippen molar-refractivity contribution in [2.75, 3.05) is 32.8 Å². The number of nitrogens with zero attached hydrogens (tertiary/aromatic N) is 3. The van der Waals surface area contributed by atoms with Gasteiger partial charge in [-0.05, 0) is 30.5 Å². The van der Waals surface area contributed by atoms with Gasteiger partial charge in [-0.15, -0.1) is 11.3 Å². The highest BCUT2D eigenvalue weighted by atomic mass is 35.5. The van der Waals surface area contributed by atoms with Crippen LogP contribution in [0.2, 0.25) is 5.02 Å². The van der Waals surface area contributed by atoms with E-state index in [1.54, 1.807) is 11.3 Å². The van der Waals surface area contributed by atoms with Crippen LogP contribution in [-0.4, -0.2) is 59.6 Å². The molecule has 0 saturated carbocycles. The largest absolute Gasteiger partial charge is 0.368 e. The first-order valence-electron chi connectivity index (χ1n) is 9.48. The van der Waals surface area contributed by atoms with Crippen LogP contribution in [0, 0.1) is 0 Å². The van der Waals surface area contributed by atoms with Gasteiger partial charge in [-0.2, -0.15) is 0 Å². The van der Waals surface area contributed by atoms with E-state index in [2.05, 4.69) is 10.3 Å². The fourth-order valence-electron chi connectivity index (χ4n) is 3.61. The van der Waals surface area contributed by atoms with Crippen molar-refractivity contribution in [3.8, 4) is 0 Å². The number of hydrogen-bond donors (Lipinski definition) is 0. The maximum atomic E-state index is 12.4. The number of benzene rings is 1. The highest BCUT2D eigenvalue weighted by Crippen LogP contribution is 2.19. The van der Waals surface area contributed by atoms with E-state index in [4.69, 9.17) is 21.3 Å². The van der Waals surface area contributed by atoms with E-state index >= 15 is 0 Å². The second kappa shape index (κ2) is 8.69. The Morgan fingerprint density at radius 2 is 2.00 bits per heavy atom. The zero-order chi connectivity index (χ0) is 18.6. The monoisotopic (exact) mass is 405 g/mol. The maximum Gasteiger partial charge on any atom is 0.251 e. The van der Waals surface area contributed by atoms with Crippen molar-refractivity contribution in [2.24, 2.45) is 0 Å². The van der Waals surface area contributed by atoms with Gasteiger partial charge in [0.15, 0.2) is 0 Å². The van der Waals surface area contributed by atoms with E-state index in [0.717, 1.165) is 74.3 Å². The Kier molecular flexibility index (Phi) is 6.08. The number of halogens is 1. The van der Waals surface area contributed by atoms with Crippen LogP contribution in [0.5, 0.6) is 0 Å². The lowest BCUT2D eigenvalue weighted by Crippen LogP contribution is -2.51. The third-order valence-corrected chi connectivity index (χ3v) is 6.29. The number of thiazole rings is 1. The minimum atomic E-state index is -0.203. The summed E-state index contributed by atoms with van der Waals surface area (Å²) in [6, 6.07) is 7.94. The molecule has 4 rings (SSSR count). The summed E-state index contributed by atoms with van der Waals surface area (Å²) < 4.78 is 5.53. The van der Waals surface area contributed by atoms with Gasteiger partial charge >= 0.3 is 0 Å². The summed E-state index contributed by atoms with van der Waals surface area (Å²) >= 11 is 7.65. The summed E-state index contributed by atoms with van der Waals surface area (Å²) in [5, 5.41) is 4.03. The van der Waals surface area contributed by atoms with Gasteiger partial charge in [-0.3, -0.25) is 9.69 Å². The fraction of sp³-hybridized carbons (Fsp3) is 0.500. The minimum Gasteiger partial charge on any atom is -0.368 e. The normalized spacial score (nSPS) is 20.9. The molecular weight excluding hydrogens is 382 g/mol. The average Bonchev–Trinajstić information content (AvgIpc) is 3.36. The number of ether oxygens (including phenoxy) is 1. The highest BCUT2D eigenvalue weighted by Gasteiger charge is 2.30. The smallest absolute Gasteiger partial charge is 0.251 e. The van der Waals surface area contributed by atoms with E-state index in [-0.39, 0.29) is 12.0 Å². The van der Waals surface area contributed by atoms with E-state index < -0.39 is 0 Å². The van der Waals surface area contributed by atoms with Gasteiger partial charge in [0.05, 0.1) is 10.7 Å². The molecule has 7 heteroatoms. The van der Waals surface area contributed by atoms with Gasteiger partial charge in [0.25, 0.3) is 5.91 Å². The van der Waals surface area contributed by atoms with Crippen molar-refractivity contribution in [3.05, 3.63) is 50.9 Å². The average molecular weight is 406 g/mol. The first-order chi connectivity index (χ1) is 13.2. The number of carbonyl (C=O) groups is 1. The zero-order valence-corrected chi connectivity index (χ0v) is 16.8. The van der Waals surface area contributed by atoms with Crippen LogP contribution < -0.4 is 0 Å². The molecular formula is C20H24ClN3O2S. The topological polar surface area (TPSA) is 45.7 Å². The Balaban J connectivity index is 1.26. The molecule has 0 aliphatic carbocycles. The molecule has 1 atom stereocenters. The number of aromatic nitrogens is 1. The quantitative estimate of drug-likeness (QED) is 0.766. The standard InChI is InChI=1S/C20H24ClN3O2S/c21-16-5-3-15(4-6-16)12-19-22-17(14-27-19)13-23-7-9-24(10-8-23)20(25)18-2-1-11-26-18/h3-6,14,18H,1-2,7-13H2. The van der Waals surface area contributed by atoms with Gasteiger partial charge in [-0.1, -0.05) is 23.7 Å². The lowest BCUT2D eigenvalue weighted by Gasteiger charge is -2.35. The molecule has 1 amide bonds. The van der Waals surface area contributed by atoms with E-state index in [0.29, 0.717) is 0 Å². The highest BCUT2D eigenvalue weighted by molar-refractivity contribution is 7.09. The molecule has 27 heavy (non-hydrogen) atoms. The molecule has 2 aliphatic heterocycles. The first kappa shape index (κ1) is 18.9. The van der Waals surface area contributed by atoms with Crippen LogP contribution in [0.15, 0.2) is 29.6 Å². The second-order valence-corrected chi connectivity index (χ2v) is 8.52. The van der Waals surface area contributed by atoms with Crippen molar-refractivity contribution in [2.45, 2.75) is 31.9 Å². The molecule has 1 aromatic heterocycles. The maximum absolute atomic E-state index is 12.4. The summed E-state index contributed by atoms with van der Waals surface area (Å²) in [5.74, 6) is 0.172. The van der Waals surface area contributed by atoms with Crippen molar-refractivity contribution in [1.82, 2.24) is 14.8 Å². The molecule has 0 radical (unpaired) electrons. The molecule has 0 spiro atoms. The van der Waals surface area contributed by atoms with Crippen molar-refractivity contribution < 1.29 is 9.53 Å². The Labute approximate surface area is 168 Å². The minimum absolute atomic E-state index is 0.172. The number of hydrogen-bond acceptors (Lipinski definition) is 5. The summed E-state index contributed by atoms with van der Waals surface area (Å²) in [6.45, 7) is 4.91. The summed E-state index contributed by atoms with van der Waals surface area (Å²) in [7, 11) is 0. The molecule has 1 unspecified atom stereocenters. The lowest BCUT2D eigenvalue weighted by atomic mass is 10.2. The lowest BCUT2D eigenvalue weighted by molar-refractivity contribution is -0.142. The molecule has 144 valence electrons. The number of piperazine rings is 1. The van der Waals surface area contributed by atoms with Crippen LogP contribution in [-0.2, 0) is 22.5 Å². The third kappa shape index (κ3) is 4.88. The van der Waals surface area contributed by atoms with Crippen molar-refractivity contribution >= 4 is 28.8 Å². The molecule has 0 bridgehead atoms. The van der Waals surface area contributed by atoms with Gasteiger partial charge in [-0.25, -0.2) is 4.98 Å². The number of amides is 1. The van der Waals surface area contributed by atoms with Crippen LogP contribution in [0.3, 0.4) is 0 Å². The van der Waals surface area contributed by atoms with Crippen LogP contribution in [0.1, 0.15) is 29.1 Å². The predicted octanol–water partition coefficient (Wildman–Crippen LogP) is 3.21. The Bertz CT molecular complexity index is 766. The van der Waals surface area contributed by atoms with Crippen molar-refractivity contribution in [3.63, 3.8) is 0 Å². The summed E-state index contributed by atoms with van der Waals surface area (Å²) in [6.07, 6.45) is 2.50. The zero-order valence-electron chi connectivity index (χ0n) is 15.3.